The first-order chi connectivity index (χ1) is 10.1. The van der Waals surface area contributed by atoms with Crippen molar-refractivity contribution in [3.63, 3.8) is 0 Å². The van der Waals surface area contributed by atoms with Gasteiger partial charge in [0.05, 0.1) is 5.92 Å². The molecule has 0 aliphatic carbocycles. The highest BCUT2D eigenvalue weighted by atomic mass is 16.5. The second-order valence-corrected chi connectivity index (χ2v) is 6.15. The maximum Gasteiger partial charge on any atom is 0.229 e. The van der Waals surface area contributed by atoms with E-state index in [0.29, 0.717) is 6.61 Å². The first kappa shape index (κ1) is 14.3. The van der Waals surface area contributed by atoms with Gasteiger partial charge >= 0.3 is 0 Å². The standard InChI is InChI=1S/C16H23N3O2/c1-11-4-7-19(10-12(11)2)16(20)13-5-9-21-14(13)15-17-6-8-18(15)3/h6,8,13-14H,4-5,7,9-10H2,1-3H3/t13-,14-/m1/s1. The molecule has 1 aromatic rings. The van der Waals surface area contributed by atoms with Gasteiger partial charge in [-0.2, -0.15) is 0 Å². The zero-order chi connectivity index (χ0) is 15.0. The van der Waals surface area contributed by atoms with Crippen LogP contribution in [0.25, 0.3) is 0 Å². The number of imidazole rings is 1. The van der Waals surface area contributed by atoms with Crippen LogP contribution in [0, 0.1) is 5.92 Å². The molecule has 1 saturated heterocycles. The molecule has 0 aromatic carbocycles. The number of hydrogen-bond acceptors (Lipinski definition) is 3. The Bertz CT molecular complexity index is 576. The minimum atomic E-state index is -0.204. The number of aromatic nitrogens is 2. The van der Waals surface area contributed by atoms with Crippen LogP contribution in [0.15, 0.2) is 23.5 Å². The minimum absolute atomic E-state index is 0.0997. The lowest BCUT2D eigenvalue weighted by Gasteiger charge is -2.31. The van der Waals surface area contributed by atoms with Crippen molar-refractivity contribution >= 4 is 5.91 Å². The molecule has 21 heavy (non-hydrogen) atoms. The molecule has 1 amide bonds. The van der Waals surface area contributed by atoms with E-state index in [4.69, 9.17) is 4.74 Å². The fourth-order valence-electron chi connectivity index (χ4n) is 3.19. The number of carbonyl (C=O) groups is 1. The van der Waals surface area contributed by atoms with Crippen LogP contribution in [0.1, 0.15) is 38.6 Å². The summed E-state index contributed by atoms with van der Waals surface area (Å²) < 4.78 is 7.75. The molecule has 0 spiro atoms. The molecule has 0 N–H and O–H groups in total. The highest BCUT2D eigenvalue weighted by Gasteiger charge is 2.39. The lowest BCUT2D eigenvalue weighted by Crippen LogP contribution is -2.41. The number of hydrogen-bond donors (Lipinski definition) is 0. The Kier molecular flexibility index (Phi) is 3.85. The smallest absolute Gasteiger partial charge is 0.229 e. The molecule has 2 atom stereocenters. The van der Waals surface area contributed by atoms with Crippen LogP contribution in [0.3, 0.4) is 0 Å². The second-order valence-electron chi connectivity index (χ2n) is 6.15. The van der Waals surface area contributed by atoms with Gasteiger partial charge in [-0.05, 0) is 26.7 Å². The monoisotopic (exact) mass is 289 g/mol. The molecule has 0 bridgehead atoms. The average molecular weight is 289 g/mol. The summed E-state index contributed by atoms with van der Waals surface area (Å²) in [4.78, 5) is 19.2. The summed E-state index contributed by atoms with van der Waals surface area (Å²) in [5, 5.41) is 0. The molecule has 1 aromatic heterocycles. The van der Waals surface area contributed by atoms with E-state index < -0.39 is 0 Å². The van der Waals surface area contributed by atoms with Gasteiger partial charge in [0.1, 0.15) is 11.9 Å². The number of ether oxygens (including phenoxy) is 1. The van der Waals surface area contributed by atoms with Crippen LogP contribution in [0.5, 0.6) is 0 Å². The number of aryl methyl sites for hydroxylation is 1. The predicted octanol–water partition coefficient (Wildman–Crippen LogP) is 2.07. The van der Waals surface area contributed by atoms with E-state index >= 15 is 0 Å². The van der Waals surface area contributed by atoms with E-state index in [1.54, 1.807) is 6.20 Å². The summed E-state index contributed by atoms with van der Waals surface area (Å²) in [6, 6.07) is 0. The average Bonchev–Trinajstić information content (AvgIpc) is 3.09. The number of carbonyl (C=O) groups excluding carboxylic acids is 1. The van der Waals surface area contributed by atoms with E-state index in [1.165, 1.54) is 11.1 Å². The molecule has 2 aliphatic heterocycles. The number of amides is 1. The van der Waals surface area contributed by atoms with Crippen LogP contribution in [-0.2, 0) is 16.6 Å². The van der Waals surface area contributed by atoms with Crippen molar-refractivity contribution in [2.45, 2.75) is 32.8 Å². The molecule has 2 aliphatic rings. The van der Waals surface area contributed by atoms with Crippen molar-refractivity contribution in [3.05, 3.63) is 29.4 Å². The molecule has 3 heterocycles. The Balaban J connectivity index is 1.77. The Morgan fingerprint density at radius 2 is 2.19 bits per heavy atom. The molecule has 3 rings (SSSR count). The van der Waals surface area contributed by atoms with Crippen LogP contribution >= 0.6 is 0 Å². The van der Waals surface area contributed by atoms with Gasteiger partial charge in [0.2, 0.25) is 5.91 Å². The Morgan fingerprint density at radius 1 is 1.38 bits per heavy atom. The van der Waals surface area contributed by atoms with Gasteiger partial charge < -0.3 is 14.2 Å². The van der Waals surface area contributed by atoms with Crippen LogP contribution < -0.4 is 0 Å². The third kappa shape index (κ3) is 2.62. The van der Waals surface area contributed by atoms with Gasteiger partial charge in [-0.25, -0.2) is 4.98 Å². The van der Waals surface area contributed by atoms with Gasteiger partial charge in [-0.3, -0.25) is 4.79 Å². The van der Waals surface area contributed by atoms with Crippen molar-refractivity contribution in [1.82, 2.24) is 14.5 Å². The highest BCUT2D eigenvalue weighted by Crippen LogP contribution is 2.35. The third-order valence-corrected chi connectivity index (χ3v) is 4.75. The van der Waals surface area contributed by atoms with E-state index in [9.17, 15) is 4.79 Å². The number of rotatable bonds is 2. The van der Waals surface area contributed by atoms with Crippen molar-refractivity contribution in [2.24, 2.45) is 13.0 Å². The fraction of sp³-hybridized carbons (Fsp3) is 0.625. The first-order valence-electron chi connectivity index (χ1n) is 7.60. The van der Waals surface area contributed by atoms with E-state index in [2.05, 4.69) is 18.8 Å². The summed E-state index contributed by atoms with van der Waals surface area (Å²) in [7, 11) is 1.95. The molecule has 1 fully saturated rings. The fourth-order valence-corrected chi connectivity index (χ4v) is 3.19. The lowest BCUT2D eigenvalue weighted by atomic mass is 9.96. The van der Waals surface area contributed by atoms with Crippen molar-refractivity contribution < 1.29 is 9.53 Å². The zero-order valence-electron chi connectivity index (χ0n) is 13.0. The Labute approximate surface area is 125 Å². The molecule has 5 nitrogen and oxygen atoms in total. The van der Waals surface area contributed by atoms with Gasteiger partial charge in [0.25, 0.3) is 0 Å². The molecular formula is C16H23N3O2. The molecule has 0 radical (unpaired) electrons. The summed E-state index contributed by atoms with van der Waals surface area (Å²) in [6.45, 7) is 6.50. The summed E-state index contributed by atoms with van der Waals surface area (Å²) in [5.74, 6) is 0.968. The van der Waals surface area contributed by atoms with Crippen molar-refractivity contribution in [1.29, 1.82) is 0 Å². The Morgan fingerprint density at radius 3 is 2.86 bits per heavy atom. The van der Waals surface area contributed by atoms with Crippen LogP contribution in [-0.4, -0.2) is 40.1 Å². The second kappa shape index (κ2) is 5.64. The topological polar surface area (TPSA) is 47.4 Å². The molecule has 0 unspecified atom stereocenters. The summed E-state index contributed by atoms with van der Waals surface area (Å²) in [5.41, 5.74) is 2.74. The summed E-state index contributed by atoms with van der Waals surface area (Å²) >= 11 is 0. The third-order valence-electron chi connectivity index (χ3n) is 4.75. The van der Waals surface area contributed by atoms with E-state index in [0.717, 1.165) is 31.8 Å². The van der Waals surface area contributed by atoms with Gasteiger partial charge in [0.15, 0.2) is 0 Å². The van der Waals surface area contributed by atoms with Crippen molar-refractivity contribution in [3.8, 4) is 0 Å². The molecule has 114 valence electrons. The van der Waals surface area contributed by atoms with Gasteiger partial charge in [-0.1, -0.05) is 11.1 Å². The lowest BCUT2D eigenvalue weighted by molar-refractivity contribution is -0.137. The normalized spacial score (nSPS) is 26.5. The van der Waals surface area contributed by atoms with Crippen molar-refractivity contribution in [2.75, 3.05) is 19.7 Å². The minimum Gasteiger partial charge on any atom is -0.369 e. The number of nitrogens with zero attached hydrogens (tertiary/aromatic N) is 3. The van der Waals surface area contributed by atoms with E-state index in [-0.39, 0.29) is 17.9 Å². The van der Waals surface area contributed by atoms with Gasteiger partial charge in [-0.15, -0.1) is 0 Å². The van der Waals surface area contributed by atoms with Gasteiger partial charge in [0, 0.05) is 39.1 Å². The maximum atomic E-state index is 12.9. The molecular weight excluding hydrogens is 266 g/mol. The SMILES string of the molecule is CC1=C(C)CN(C(=O)[C@@H]2CCO[C@H]2c2nccn2C)CC1. The van der Waals surface area contributed by atoms with E-state index in [1.807, 2.05) is 22.7 Å². The molecule has 5 heteroatoms. The quantitative estimate of drug-likeness (QED) is 0.783. The predicted molar refractivity (Wildman–Crippen MR) is 79.6 cm³/mol. The maximum absolute atomic E-state index is 12.9. The summed E-state index contributed by atoms with van der Waals surface area (Å²) in [6.07, 6.45) is 5.22. The zero-order valence-corrected chi connectivity index (χ0v) is 13.0. The van der Waals surface area contributed by atoms with Crippen LogP contribution in [0.4, 0.5) is 0 Å². The Hall–Kier alpha value is -1.62. The molecule has 0 saturated carbocycles. The van der Waals surface area contributed by atoms with Crippen LogP contribution in [0.2, 0.25) is 0 Å². The highest BCUT2D eigenvalue weighted by molar-refractivity contribution is 5.80. The first-order valence-corrected chi connectivity index (χ1v) is 7.60. The largest absolute Gasteiger partial charge is 0.369 e.